The minimum absolute atomic E-state index is 0.00977. The molecule has 2 amide bonds. The number of Topliss-reactive ketones (excluding diaryl/α,β-unsaturated/α-hetero) is 1. The van der Waals surface area contributed by atoms with Crippen LogP contribution in [0.15, 0.2) is 102 Å². The molecule has 41 heavy (non-hydrogen) atoms. The van der Waals surface area contributed by atoms with Gasteiger partial charge in [-0.1, -0.05) is 47.5 Å². The fraction of sp³-hybridized carbons (Fsp3) is 0.0645. The van der Waals surface area contributed by atoms with Crippen LogP contribution in [0, 0.1) is 0 Å². The average Bonchev–Trinajstić information content (AvgIpc) is 2.97. The summed E-state index contributed by atoms with van der Waals surface area (Å²) in [7, 11) is 1.43. The van der Waals surface area contributed by atoms with Gasteiger partial charge in [-0.3, -0.25) is 14.4 Å². The van der Waals surface area contributed by atoms with Crippen LogP contribution >= 0.6 is 35.0 Å². The predicted molar refractivity (Wildman–Crippen MR) is 163 cm³/mol. The molecule has 0 saturated heterocycles. The summed E-state index contributed by atoms with van der Waals surface area (Å²) < 4.78 is 5.33. The van der Waals surface area contributed by atoms with Crippen LogP contribution in [-0.2, 0) is 4.79 Å². The van der Waals surface area contributed by atoms with E-state index in [0.717, 1.165) is 4.90 Å². The number of anilines is 1. The van der Waals surface area contributed by atoms with E-state index in [0.29, 0.717) is 33.1 Å². The fourth-order valence-corrected chi connectivity index (χ4v) is 5.07. The standard InChI is InChI=1S/C31H24Cl2N2O5S/c1-40-29-17-23(36)12-10-20(29)14-27(35-30(38)19-6-3-2-4-7-19)31(39)34-22-8-5-9-24(16-22)41-18-28(37)25-13-11-21(32)15-26(25)33/h2-17,36H,18H2,1H3,(H,34,39)(H,35,38)/b27-14-. The number of phenolic OH excluding ortho intramolecular Hbond substituents is 1. The van der Waals surface area contributed by atoms with Gasteiger partial charge in [-0.25, -0.2) is 0 Å². The number of thioether (sulfide) groups is 1. The summed E-state index contributed by atoms with van der Waals surface area (Å²) in [5.74, 6) is -0.804. The highest BCUT2D eigenvalue weighted by Crippen LogP contribution is 2.28. The molecular formula is C31H24Cl2N2O5S. The van der Waals surface area contributed by atoms with Gasteiger partial charge >= 0.3 is 0 Å². The number of ether oxygens (including phenoxy) is 1. The quantitative estimate of drug-likeness (QED) is 0.101. The van der Waals surface area contributed by atoms with Crippen molar-refractivity contribution in [1.29, 1.82) is 0 Å². The van der Waals surface area contributed by atoms with Crippen LogP contribution in [0.25, 0.3) is 6.08 Å². The summed E-state index contributed by atoms with van der Waals surface area (Å²) in [6.07, 6.45) is 1.46. The van der Waals surface area contributed by atoms with E-state index < -0.39 is 11.8 Å². The first-order valence-corrected chi connectivity index (χ1v) is 13.9. The van der Waals surface area contributed by atoms with Crippen molar-refractivity contribution in [2.24, 2.45) is 0 Å². The number of halogens is 2. The number of nitrogens with one attached hydrogen (secondary N) is 2. The van der Waals surface area contributed by atoms with Gasteiger partial charge in [0, 0.05) is 38.4 Å². The van der Waals surface area contributed by atoms with E-state index in [1.165, 1.54) is 43.1 Å². The average molecular weight is 608 g/mol. The van der Waals surface area contributed by atoms with Gasteiger partial charge in [0.1, 0.15) is 17.2 Å². The molecule has 4 aromatic carbocycles. The SMILES string of the molecule is COc1cc(O)ccc1/C=C(\NC(=O)c1ccccc1)C(=O)Nc1cccc(SCC(=O)c2ccc(Cl)cc2Cl)c1. The monoisotopic (exact) mass is 606 g/mol. The Kier molecular flexibility index (Phi) is 10.1. The molecule has 0 aliphatic rings. The summed E-state index contributed by atoms with van der Waals surface area (Å²) in [6, 6.07) is 24.6. The first-order chi connectivity index (χ1) is 19.7. The van der Waals surface area contributed by atoms with E-state index in [2.05, 4.69) is 10.6 Å². The molecule has 0 fully saturated rings. The number of hydrogen-bond donors (Lipinski definition) is 3. The third-order valence-corrected chi connectivity index (χ3v) is 7.28. The summed E-state index contributed by atoms with van der Waals surface area (Å²) in [5.41, 5.74) is 1.62. The molecule has 3 N–H and O–H groups in total. The number of carbonyl (C=O) groups is 3. The van der Waals surface area contributed by atoms with Gasteiger partial charge in [0.25, 0.3) is 11.8 Å². The highest BCUT2D eigenvalue weighted by molar-refractivity contribution is 8.00. The minimum Gasteiger partial charge on any atom is -0.508 e. The molecule has 0 bridgehead atoms. The van der Waals surface area contributed by atoms with Crippen molar-refractivity contribution in [1.82, 2.24) is 5.32 Å². The van der Waals surface area contributed by atoms with Crippen molar-refractivity contribution in [3.8, 4) is 11.5 Å². The van der Waals surface area contributed by atoms with Crippen LogP contribution in [0.5, 0.6) is 11.5 Å². The summed E-state index contributed by atoms with van der Waals surface area (Å²) in [4.78, 5) is 39.7. The number of methoxy groups -OCH3 is 1. The van der Waals surface area contributed by atoms with Gasteiger partial charge in [0.15, 0.2) is 5.78 Å². The Hall–Kier alpha value is -4.24. The zero-order valence-electron chi connectivity index (χ0n) is 21.7. The number of carbonyl (C=O) groups excluding carboxylic acids is 3. The first kappa shape index (κ1) is 29.7. The van der Waals surface area contributed by atoms with E-state index in [4.69, 9.17) is 27.9 Å². The smallest absolute Gasteiger partial charge is 0.272 e. The maximum absolute atomic E-state index is 13.4. The maximum atomic E-state index is 13.4. The molecular weight excluding hydrogens is 583 g/mol. The predicted octanol–water partition coefficient (Wildman–Crippen LogP) is 7.09. The largest absolute Gasteiger partial charge is 0.508 e. The molecule has 208 valence electrons. The number of phenols is 1. The number of hydrogen-bond acceptors (Lipinski definition) is 6. The fourth-order valence-electron chi connectivity index (χ4n) is 3.72. The van der Waals surface area contributed by atoms with E-state index in [1.54, 1.807) is 66.7 Å². The molecule has 0 aliphatic heterocycles. The molecule has 0 unspecified atom stereocenters. The molecule has 10 heteroatoms. The van der Waals surface area contributed by atoms with Crippen molar-refractivity contribution in [3.63, 3.8) is 0 Å². The van der Waals surface area contributed by atoms with Crippen molar-refractivity contribution >= 4 is 64.3 Å². The number of amides is 2. The van der Waals surface area contributed by atoms with Gasteiger partial charge in [0.2, 0.25) is 0 Å². The molecule has 0 aliphatic carbocycles. The third-order valence-electron chi connectivity index (χ3n) is 5.74. The minimum atomic E-state index is -0.587. The number of benzene rings is 4. The van der Waals surface area contributed by atoms with Gasteiger partial charge < -0.3 is 20.5 Å². The van der Waals surface area contributed by atoms with Crippen LogP contribution < -0.4 is 15.4 Å². The Morgan fingerprint density at radius 1 is 0.927 bits per heavy atom. The van der Waals surface area contributed by atoms with E-state index in [-0.39, 0.29) is 28.0 Å². The molecule has 0 aromatic heterocycles. The molecule has 4 aromatic rings. The van der Waals surface area contributed by atoms with Crippen LogP contribution in [0.2, 0.25) is 10.0 Å². The molecule has 7 nitrogen and oxygen atoms in total. The molecule has 0 saturated carbocycles. The van der Waals surface area contributed by atoms with Crippen LogP contribution in [-0.4, -0.2) is 35.6 Å². The second-order valence-corrected chi connectivity index (χ2v) is 10.5. The van der Waals surface area contributed by atoms with Crippen molar-refractivity contribution in [2.45, 2.75) is 4.90 Å². The first-order valence-electron chi connectivity index (χ1n) is 12.2. The number of aromatic hydroxyl groups is 1. The zero-order chi connectivity index (χ0) is 29.4. The van der Waals surface area contributed by atoms with E-state index >= 15 is 0 Å². The summed E-state index contributed by atoms with van der Waals surface area (Å²) in [5, 5.41) is 16.0. The Labute approximate surface area is 251 Å². The van der Waals surface area contributed by atoms with Crippen molar-refractivity contribution in [2.75, 3.05) is 18.2 Å². The van der Waals surface area contributed by atoms with Gasteiger partial charge in [-0.05, 0) is 66.7 Å². The topological polar surface area (TPSA) is 105 Å². The maximum Gasteiger partial charge on any atom is 0.272 e. The summed E-state index contributed by atoms with van der Waals surface area (Å²) in [6.45, 7) is 0. The molecule has 0 radical (unpaired) electrons. The Bertz CT molecular complexity index is 1630. The summed E-state index contributed by atoms with van der Waals surface area (Å²) >= 11 is 13.4. The lowest BCUT2D eigenvalue weighted by molar-refractivity contribution is -0.113. The third kappa shape index (κ3) is 8.14. The number of rotatable bonds is 10. The van der Waals surface area contributed by atoms with Crippen LogP contribution in [0.1, 0.15) is 26.3 Å². The number of ketones is 1. The Morgan fingerprint density at radius 3 is 2.44 bits per heavy atom. The van der Waals surface area contributed by atoms with E-state index in [9.17, 15) is 19.5 Å². The van der Waals surface area contributed by atoms with Crippen LogP contribution in [0.3, 0.4) is 0 Å². The van der Waals surface area contributed by atoms with Crippen LogP contribution in [0.4, 0.5) is 5.69 Å². The van der Waals surface area contributed by atoms with Gasteiger partial charge in [-0.2, -0.15) is 0 Å². The molecule has 0 spiro atoms. The highest BCUT2D eigenvalue weighted by atomic mass is 35.5. The van der Waals surface area contributed by atoms with Crippen molar-refractivity contribution in [3.05, 3.63) is 123 Å². The van der Waals surface area contributed by atoms with Gasteiger partial charge in [0.05, 0.1) is 17.9 Å². The second-order valence-electron chi connectivity index (χ2n) is 8.62. The van der Waals surface area contributed by atoms with E-state index in [1.807, 2.05) is 6.07 Å². The lowest BCUT2D eigenvalue weighted by atomic mass is 10.1. The molecule has 0 heterocycles. The molecule has 4 rings (SSSR count). The zero-order valence-corrected chi connectivity index (χ0v) is 24.0. The lowest BCUT2D eigenvalue weighted by Gasteiger charge is -2.13. The molecule has 0 atom stereocenters. The second kappa shape index (κ2) is 13.9. The van der Waals surface area contributed by atoms with Crippen molar-refractivity contribution < 1.29 is 24.2 Å². The lowest BCUT2D eigenvalue weighted by Crippen LogP contribution is -2.30. The van der Waals surface area contributed by atoms with Gasteiger partial charge in [-0.15, -0.1) is 11.8 Å². The Balaban J connectivity index is 1.53. The highest BCUT2D eigenvalue weighted by Gasteiger charge is 2.17. The normalized spacial score (nSPS) is 11.0. The Morgan fingerprint density at radius 2 is 1.71 bits per heavy atom.